The van der Waals surface area contributed by atoms with Crippen molar-refractivity contribution in [1.29, 1.82) is 0 Å². The molecule has 4 heteroatoms. The highest BCUT2D eigenvalue weighted by molar-refractivity contribution is 6.17. The molecule has 1 atom stereocenters. The van der Waals surface area contributed by atoms with Crippen LogP contribution < -0.4 is 0 Å². The van der Waals surface area contributed by atoms with Crippen LogP contribution in [0, 0.1) is 0 Å². The number of hydrogen-bond donors (Lipinski definition) is 0. The molecular formula is C13H25ClN2O. The van der Waals surface area contributed by atoms with Gasteiger partial charge in [-0.25, -0.2) is 0 Å². The number of nitrogens with zero attached hydrogens (tertiary/aromatic N) is 2. The van der Waals surface area contributed by atoms with E-state index in [4.69, 9.17) is 16.3 Å². The molecule has 0 aromatic rings. The van der Waals surface area contributed by atoms with Gasteiger partial charge in [0, 0.05) is 31.6 Å². The van der Waals surface area contributed by atoms with Crippen LogP contribution in [0.2, 0.25) is 0 Å². The van der Waals surface area contributed by atoms with Crippen LogP contribution in [0.15, 0.2) is 0 Å². The predicted octanol–water partition coefficient (Wildman–Crippen LogP) is 1.80. The zero-order valence-electron chi connectivity index (χ0n) is 10.9. The molecule has 0 aromatic heterocycles. The van der Waals surface area contributed by atoms with Gasteiger partial charge in [-0.05, 0) is 32.9 Å². The molecule has 3 nitrogen and oxygen atoms in total. The minimum atomic E-state index is 0.393. The lowest BCUT2D eigenvalue weighted by atomic mass is 9.91. The lowest BCUT2D eigenvalue weighted by molar-refractivity contribution is -0.0467. The summed E-state index contributed by atoms with van der Waals surface area (Å²) >= 11 is 5.81. The van der Waals surface area contributed by atoms with Crippen molar-refractivity contribution in [2.24, 2.45) is 0 Å². The first-order valence-corrected chi connectivity index (χ1v) is 7.43. The summed E-state index contributed by atoms with van der Waals surface area (Å²) in [6.45, 7) is 5.25. The molecule has 1 aliphatic heterocycles. The van der Waals surface area contributed by atoms with Gasteiger partial charge in [0.15, 0.2) is 0 Å². The molecule has 1 heterocycles. The van der Waals surface area contributed by atoms with Gasteiger partial charge in [-0.3, -0.25) is 4.90 Å². The number of hydrogen-bond acceptors (Lipinski definition) is 3. The second kappa shape index (κ2) is 6.93. The van der Waals surface area contributed by atoms with Crippen molar-refractivity contribution in [3.8, 4) is 0 Å². The van der Waals surface area contributed by atoms with Crippen LogP contribution in [0.25, 0.3) is 0 Å². The van der Waals surface area contributed by atoms with Gasteiger partial charge in [-0.2, -0.15) is 0 Å². The van der Waals surface area contributed by atoms with E-state index in [0.29, 0.717) is 6.10 Å². The van der Waals surface area contributed by atoms with Gasteiger partial charge in [0.05, 0.1) is 12.7 Å². The number of ether oxygens (including phenoxy) is 1. The first-order chi connectivity index (χ1) is 8.29. The van der Waals surface area contributed by atoms with Crippen LogP contribution in [-0.4, -0.2) is 67.7 Å². The summed E-state index contributed by atoms with van der Waals surface area (Å²) < 4.78 is 5.86. The SMILES string of the molecule is CN1CCOC(CN(CCCCl)C2CCC2)C1. The van der Waals surface area contributed by atoms with Crippen LogP contribution in [-0.2, 0) is 4.74 Å². The average molecular weight is 261 g/mol. The Morgan fingerprint density at radius 2 is 2.24 bits per heavy atom. The van der Waals surface area contributed by atoms with Crippen molar-refractivity contribution in [2.45, 2.75) is 37.8 Å². The van der Waals surface area contributed by atoms with Gasteiger partial charge < -0.3 is 9.64 Å². The summed E-state index contributed by atoms with van der Waals surface area (Å²) in [5, 5.41) is 0. The van der Waals surface area contributed by atoms with Crippen LogP contribution in [0.1, 0.15) is 25.7 Å². The monoisotopic (exact) mass is 260 g/mol. The fourth-order valence-electron chi connectivity index (χ4n) is 2.68. The Labute approximate surface area is 110 Å². The molecule has 1 saturated carbocycles. The third-order valence-corrected chi connectivity index (χ3v) is 4.22. The maximum atomic E-state index is 5.86. The molecule has 0 amide bonds. The molecule has 1 unspecified atom stereocenters. The van der Waals surface area contributed by atoms with Gasteiger partial charge >= 0.3 is 0 Å². The summed E-state index contributed by atoms with van der Waals surface area (Å²) in [5.41, 5.74) is 0. The third-order valence-electron chi connectivity index (χ3n) is 3.95. The second-order valence-corrected chi connectivity index (χ2v) is 5.76. The normalized spacial score (nSPS) is 27.4. The van der Waals surface area contributed by atoms with Crippen molar-refractivity contribution in [2.75, 3.05) is 45.7 Å². The molecule has 0 spiro atoms. The molecule has 1 aliphatic carbocycles. The number of rotatable bonds is 6. The Bertz CT molecular complexity index is 223. The molecule has 17 heavy (non-hydrogen) atoms. The van der Waals surface area contributed by atoms with E-state index in [0.717, 1.165) is 51.1 Å². The molecule has 0 radical (unpaired) electrons. The molecule has 0 N–H and O–H groups in total. The Morgan fingerprint density at radius 3 is 2.82 bits per heavy atom. The topological polar surface area (TPSA) is 15.7 Å². The smallest absolute Gasteiger partial charge is 0.0829 e. The lowest BCUT2D eigenvalue weighted by Crippen LogP contribution is -2.50. The number of morpholine rings is 1. The highest BCUT2D eigenvalue weighted by Crippen LogP contribution is 2.25. The number of alkyl halides is 1. The molecule has 2 rings (SSSR count). The maximum Gasteiger partial charge on any atom is 0.0829 e. The fraction of sp³-hybridized carbons (Fsp3) is 1.00. The van der Waals surface area contributed by atoms with Gasteiger partial charge in [-0.15, -0.1) is 11.6 Å². The minimum absolute atomic E-state index is 0.393. The predicted molar refractivity (Wildman–Crippen MR) is 71.8 cm³/mol. The van der Waals surface area contributed by atoms with Crippen LogP contribution in [0.4, 0.5) is 0 Å². The van der Waals surface area contributed by atoms with Gasteiger partial charge in [0.2, 0.25) is 0 Å². The maximum absolute atomic E-state index is 5.86. The average Bonchev–Trinajstić information content (AvgIpc) is 2.23. The van der Waals surface area contributed by atoms with Gasteiger partial charge in [0.25, 0.3) is 0 Å². The molecule has 100 valence electrons. The standard InChI is InChI=1S/C13H25ClN2O/c1-15-8-9-17-13(10-15)11-16(7-3-6-14)12-4-2-5-12/h12-13H,2-11H2,1H3. The molecular weight excluding hydrogens is 236 g/mol. The van der Waals surface area contributed by atoms with E-state index in [1.54, 1.807) is 0 Å². The summed E-state index contributed by atoms with van der Waals surface area (Å²) in [4.78, 5) is 4.98. The molecule has 1 saturated heterocycles. The first kappa shape index (κ1) is 13.6. The summed E-state index contributed by atoms with van der Waals surface area (Å²) in [5.74, 6) is 0.772. The van der Waals surface area contributed by atoms with E-state index in [-0.39, 0.29) is 0 Å². The number of halogens is 1. The highest BCUT2D eigenvalue weighted by Gasteiger charge is 2.28. The van der Waals surface area contributed by atoms with Crippen molar-refractivity contribution < 1.29 is 4.74 Å². The third kappa shape index (κ3) is 4.09. The van der Waals surface area contributed by atoms with E-state index in [1.165, 1.54) is 19.3 Å². The van der Waals surface area contributed by atoms with E-state index in [9.17, 15) is 0 Å². The Balaban J connectivity index is 1.78. The lowest BCUT2D eigenvalue weighted by Gasteiger charge is -2.41. The Hall–Kier alpha value is 0.170. The van der Waals surface area contributed by atoms with E-state index < -0.39 is 0 Å². The molecule has 2 aliphatic rings. The van der Waals surface area contributed by atoms with Crippen LogP contribution >= 0.6 is 11.6 Å². The molecule has 0 aromatic carbocycles. The van der Waals surface area contributed by atoms with Gasteiger partial charge in [0.1, 0.15) is 0 Å². The summed E-state index contributed by atoms with van der Waals surface area (Å²) in [6.07, 6.45) is 5.62. The zero-order chi connectivity index (χ0) is 12.1. The van der Waals surface area contributed by atoms with E-state index in [1.807, 2.05) is 0 Å². The summed E-state index contributed by atoms with van der Waals surface area (Å²) in [6, 6.07) is 0.800. The van der Waals surface area contributed by atoms with Crippen molar-refractivity contribution in [3.05, 3.63) is 0 Å². The van der Waals surface area contributed by atoms with Crippen molar-refractivity contribution in [3.63, 3.8) is 0 Å². The second-order valence-electron chi connectivity index (χ2n) is 5.38. The Morgan fingerprint density at radius 1 is 1.41 bits per heavy atom. The van der Waals surface area contributed by atoms with Crippen molar-refractivity contribution in [1.82, 2.24) is 9.80 Å². The summed E-state index contributed by atoms with van der Waals surface area (Å²) in [7, 11) is 2.18. The molecule has 2 fully saturated rings. The minimum Gasteiger partial charge on any atom is -0.374 e. The molecule has 0 bridgehead atoms. The zero-order valence-corrected chi connectivity index (χ0v) is 11.7. The largest absolute Gasteiger partial charge is 0.374 e. The van der Waals surface area contributed by atoms with Crippen LogP contribution in [0.5, 0.6) is 0 Å². The van der Waals surface area contributed by atoms with Crippen molar-refractivity contribution >= 4 is 11.6 Å². The van der Waals surface area contributed by atoms with E-state index >= 15 is 0 Å². The Kier molecular flexibility index (Phi) is 5.54. The quantitative estimate of drug-likeness (QED) is 0.678. The first-order valence-electron chi connectivity index (χ1n) is 6.89. The fourth-order valence-corrected chi connectivity index (χ4v) is 2.80. The van der Waals surface area contributed by atoms with Gasteiger partial charge in [-0.1, -0.05) is 6.42 Å². The van der Waals surface area contributed by atoms with E-state index in [2.05, 4.69) is 16.8 Å². The number of likely N-dealkylation sites (N-methyl/N-ethyl adjacent to an activating group) is 1. The highest BCUT2D eigenvalue weighted by atomic mass is 35.5. The van der Waals surface area contributed by atoms with Crippen LogP contribution in [0.3, 0.4) is 0 Å².